The molecule has 102 valence electrons. The van der Waals surface area contributed by atoms with E-state index in [0.29, 0.717) is 6.04 Å². The quantitative estimate of drug-likeness (QED) is 0.539. The normalized spacial score (nSPS) is 11.4. The summed E-state index contributed by atoms with van der Waals surface area (Å²) < 4.78 is 5.79. The molecule has 0 bridgehead atoms. The first-order chi connectivity index (χ1) is 8.61. The minimum Gasteiger partial charge on any atom is -0.463 e. The summed E-state index contributed by atoms with van der Waals surface area (Å²) in [7, 11) is 2.12. The predicted octanol–water partition coefficient (Wildman–Crippen LogP) is 3.18. The van der Waals surface area contributed by atoms with E-state index in [1.807, 2.05) is 6.08 Å². The van der Waals surface area contributed by atoms with Crippen molar-refractivity contribution in [3.63, 3.8) is 0 Å². The van der Waals surface area contributed by atoms with Crippen LogP contribution in [0.2, 0.25) is 0 Å². The molecule has 3 nitrogen and oxygen atoms in total. The maximum Gasteiger partial charge on any atom is 0.118 e. The maximum atomic E-state index is 5.79. The van der Waals surface area contributed by atoms with Crippen LogP contribution in [0.15, 0.2) is 29.2 Å². The van der Waals surface area contributed by atoms with Crippen LogP contribution in [-0.2, 0) is 13.1 Å². The van der Waals surface area contributed by atoms with Gasteiger partial charge in [-0.05, 0) is 38.6 Å². The van der Waals surface area contributed by atoms with Gasteiger partial charge in [-0.15, -0.1) is 6.58 Å². The van der Waals surface area contributed by atoms with Crippen LogP contribution in [0.3, 0.4) is 0 Å². The van der Waals surface area contributed by atoms with Gasteiger partial charge in [0.2, 0.25) is 0 Å². The first-order valence-electron chi connectivity index (χ1n) is 6.72. The highest BCUT2D eigenvalue weighted by Gasteiger charge is 2.05. The summed E-state index contributed by atoms with van der Waals surface area (Å²) in [6.07, 6.45) is 4.20. The standard InChI is InChI=1S/C15H26N2O/c1-5-6-7-10-17(4)12-15-9-8-14(18-15)11-16-13(2)3/h5,8-9,13,16H,1,6-7,10-12H2,2-4H3. The van der Waals surface area contributed by atoms with E-state index < -0.39 is 0 Å². The Morgan fingerprint density at radius 2 is 2.11 bits per heavy atom. The molecule has 0 aliphatic carbocycles. The molecule has 1 heterocycles. The van der Waals surface area contributed by atoms with E-state index >= 15 is 0 Å². The lowest BCUT2D eigenvalue weighted by atomic mass is 10.3. The van der Waals surface area contributed by atoms with Gasteiger partial charge in [0.05, 0.1) is 13.1 Å². The maximum absolute atomic E-state index is 5.79. The lowest BCUT2D eigenvalue weighted by molar-refractivity contribution is 0.286. The number of unbranched alkanes of at least 4 members (excludes halogenated alkanes) is 1. The van der Waals surface area contributed by atoms with Crippen molar-refractivity contribution < 1.29 is 4.42 Å². The van der Waals surface area contributed by atoms with Gasteiger partial charge in [0.1, 0.15) is 11.5 Å². The Kier molecular flexibility index (Phi) is 6.76. The zero-order valence-electron chi connectivity index (χ0n) is 11.9. The van der Waals surface area contributed by atoms with Crippen LogP contribution in [0.1, 0.15) is 38.2 Å². The third-order valence-corrected chi connectivity index (χ3v) is 2.78. The molecule has 0 aromatic carbocycles. The molecule has 0 aliphatic rings. The molecule has 1 N–H and O–H groups in total. The fraction of sp³-hybridized carbons (Fsp3) is 0.600. The summed E-state index contributed by atoms with van der Waals surface area (Å²) in [6.45, 7) is 10.8. The molecule has 0 radical (unpaired) electrons. The van der Waals surface area contributed by atoms with Crippen molar-refractivity contribution in [2.45, 2.75) is 45.8 Å². The van der Waals surface area contributed by atoms with Crippen LogP contribution in [0, 0.1) is 0 Å². The van der Waals surface area contributed by atoms with Crippen LogP contribution < -0.4 is 5.32 Å². The zero-order chi connectivity index (χ0) is 13.4. The van der Waals surface area contributed by atoms with Gasteiger partial charge in [-0.2, -0.15) is 0 Å². The molecule has 18 heavy (non-hydrogen) atoms. The lowest BCUT2D eigenvalue weighted by Gasteiger charge is -2.14. The number of allylic oxidation sites excluding steroid dienone is 1. The average molecular weight is 250 g/mol. The minimum atomic E-state index is 0.486. The van der Waals surface area contributed by atoms with E-state index in [2.05, 4.69) is 49.8 Å². The second-order valence-corrected chi connectivity index (χ2v) is 5.07. The Hall–Kier alpha value is -1.06. The van der Waals surface area contributed by atoms with Gasteiger partial charge in [0.25, 0.3) is 0 Å². The summed E-state index contributed by atoms with van der Waals surface area (Å²) in [4.78, 5) is 2.28. The second kappa shape index (κ2) is 8.11. The largest absolute Gasteiger partial charge is 0.463 e. The molecule has 0 unspecified atom stereocenters. The lowest BCUT2D eigenvalue weighted by Crippen LogP contribution is -2.21. The van der Waals surface area contributed by atoms with Crippen LogP contribution in [-0.4, -0.2) is 24.5 Å². The van der Waals surface area contributed by atoms with Gasteiger partial charge >= 0.3 is 0 Å². The number of hydrogen-bond acceptors (Lipinski definition) is 3. The van der Waals surface area contributed by atoms with Crippen molar-refractivity contribution in [3.05, 3.63) is 36.3 Å². The highest BCUT2D eigenvalue weighted by molar-refractivity contribution is 5.07. The van der Waals surface area contributed by atoms with Gasteiger partial charge in [-0.1, -0.05) is 19.9 Å². The summed E-state index contributed by atoms with van der Waals surface area (Å²) in [6, 6.07) is 4.61. The highest BCUT2D eigenvalue weighted by atomic mass is 16.3. The van der Waals surface area contributed by atoms with E-state index in [1.165, 1.54) is 0 Å². The summed E-state index contributed by atoms with van der Waals surface area (Å²) in [5.41, 5.74) is 0. The molecule has 0 saturated carbocycles. The van der Waals surface area contributed by atoms with Crippen LogP contribution in [0.25, 0.3) is 0 Å². The molecule has 0 saturated heterocycles. The first-order valence-corrected chi connectivity index (χ1v) is 6.72. The second-order valence-electron chi connectivity index (χ2n) is 5.07. The molecule has 0 atom stereocenters. The van der Waals surface area contributed by atoms with Crippen molar-refractivity contribution in [1.82, 2.24) is 10.2 Å². The van der Waals surface area contributed by atoms with Crippen LogP contribution in [0.4, 0.5) is 0 Å². The Morgan fingerprint density at radius 3 is 2.78 bits per heavy atom. The van der Waals surface area contributed by atoms with Gasteiger partial charge < -0.3 is 9.73 Å². The molecule has 3 heteroatoms. The summed E-state index contributed by atoms with van der Waals surface area (Å²) in [5.74, 6) is 2.05. The van der Waals surface area contributed by atoms with Crippen molar-refractivity contribution in [3.8, 4) is 0 Å². The van der Waals surface area contributed by atoms with Crippen molar-refractivity contribution in [2.24, 2.45) is 0 Å². The highest BCUT2D eigenvalue weighted by Crippen LogP contribution is 2.10. The van der Waals surface area contributed by atoms with Gasteiger partial charge in [0.15, 0.2) is 0 Å². The van der Waals surface area contributed by atoms with E-state index in [1.54, 1.807) is 0 Å². The van der Waals surface area contributed by atoms with Crippen LogP contribution in [0.5, 0.6) is 0 Å². The Labute approximate surface area is 111 Å². The zero-order valence-corrected chi connectivity index (χ0v) is 11.9. The summed E-state index contributed by atoms with van der Waals surface area (Å²) in [5, 5.41) is 3.35. The molecule has 0 aliphatic heterocycles. The predicted molar refractivity (Wildman–Crippen MR) is 76.4 cm³/mol. The third-order valence-electron chi connectivity index (χ3n) is 2.78. The number of hydrogen-bond donors (Lipinski definition) is 1. The molecular weight excluding hydrogens is 224 g/mol. The van der Waals surface area contributed by atoms with Crippen LogP contribution >= 0.6 is 0 Å². The van der Waals surface area contributed by atoms with Gasteiger partial charge in [-0.25, -0.2) is 0 Å². The summed E-state index contributed by atoms with van der Waals surface area (Å²) >= 11 is 0. The fourth-order valence-corrected chi connectivity index (χ4v) is 1.76. The topological polar surface area (TPSA) is 28.4 Å². The van der Waals surface area contributed by atoms with Gasteiger partial charge in [0, 0.05) is 6.04 Å². The van der Waals surface area contributed by atoms with Crippen molar-refractivity contribution in [2.75, 3.05) is 13.6 Å². The number of nitrogens with one attached hydrogen (secondary N) is 1. The van der Waals surface area contributed by atoms with Gasteiger partial charge in [-0.3, -0.25) is 4.90 Å². The average Bonchev–Trinajstić information content (AvgIpc) is 2.74. The van der Waals surface area contributed by atoms with E-state index in [9.17, 15) is 0 Å². The minimum absolute atomic E-state index is 0.486. The number of rotatable bonds is 9. The van der Waals surface area contributed by atoms with E-state index in [0.717, 1.165) is 44.0 Å². The fourth-order valence-electron chi connectivity index (χ4n) is 1.76. The van der Waals surface area contributed by atoms with Crippen molar-refractivity contribution in [1.29, 1.82) is 0 Å². The molecule has 0 amide bonds. The molecular formula is C15H26N2O. The number of furan rings is 1. The molecule has 1 rings (SSSR count). The molecule has 0 fully saturated rings. The monoisotopic (exact) mass is 250 g/mol. The Balaban J connectivity index is 2.31. The Bertz CT molecular complexity index is 344. The molecule has 1 aromatic heterocycles. The van der Waals surface area contributed by atoms with E-state index in [-0.39, 0.29) is 0 Å². The molecule has 0 spiro atoms. The molecule has 1 aromatic rings. The van der Waals surface area contributed by atoms with Crippen molar-refractivity contribution >= 4 is 0 Å². The van der Waals surface area contributed by atoms with E-state index in [4.69, 9.17) is 4.42 Å². The smallest absolute Gasteiger partial charge is 0.118 e. The SMILES string of the molecule is C=CCCCN(C)Cc1ccc(CNC(C)C)o1. The first kappa shape index (κ1) is 15.0. The Morgan fingerprint density at radius 1 is 1.39 bits per heavy atom. The third kappa shape index (κ3) is 6.03. The number of nitrogens with zero attached hydrogens (tertiary/aromatic N) is 1.